The molecule has 1 aromatic carbocycles. The van der Waals surface area contributed by atoms with Crippen molar-refractivity contribution in [1.29, 1.82) is 0 Å². The highest BCUT2D eigenvalue weighted by molar-refractivity contribution is 9.10. The Morgan fingerprint density at radius 2 is 2.05 bits per heavy atom. The lowest BCUT2D eigenvalue weighted by Crippen LogP contribution is -2.26. The van der Waals surface area contributed by atoms with Gasteiger partial charge < -0.3 is 5.11 Å². The van der Waals surface area contributed by atoms with Crippen LogP contribution in [0, 0.1) is 0 Å². The molecule has 0 spiro atoms. The zero-order valence-corrected chi connectivity index (χ0v) is 14.1. The van der Waals surface area contributed by atoms with Crippen molar-refractivity contribution in [2.24, 2.45) is 0 Å². The van der Waals surface area contributed by atoms with E-state index < -0.39 is 22.0 Å². The van der Waals surface area contributed by atoms with Gasteiger partial charge in [-0.3, -0.25) is 0 Å². The molecule has 1 heterocycles. The minimum absolute atomic E-state index is 0.0103. The van der Waals surface area contributed by atoms with Gasteiger partial charge in [0.25, 0.3) is 0 Å². The van der Waals surface area contributed by atoms with Gasteiger partial charge in [-0.1, -0.05) is 34.1 Å². The van der Waals surface area contributed by atoms with Crippen molar-refractivity contribution < 1.29 is 18.3 Å². The summed E-state index contributed by atoms with van der Waals surface area (Å²) in [5.41, 5.74) is 0.801. The summed E-state index contributed by atoms with van der Waals surface area (Å²) in [7, 11) is -3.76. The maximum atomic E-state index is 12.3. The van der Waals surface area contributed by atoms with E-state index in [1.54, 1.807) is 6.92 Å². The number of sulfonamides is 1. The van der Waals surface area contributed by atoms with Gasteiger partial charge >= 0.3 is 5.97 Å². The second-order valence-corrected chi connectivity index (χ2v) is 7.80. The van der Waals surface area contributed by atoms with Crippen LogP contribution in [-0.2, 0) is 10.0 Å². The molecule has 0 aliphatic rings. The van der Waals surface area contributed by atoms with Gasteiger partial charge in [0.15, 0.2) is 0 Å². The third kappa shape index (κ3) is 3.70. The van der Waals surface area contributed by atoms with Crippen LogP contribution in [0.3, 0.4) is 0 Å². The largest absolute Gasteiger partial charge is 0.477 e. The normalized spacial score (nSPS) is 13.0. The summed E-state index contributed by atoms with van der Waals surface area (Å²) in [4.78, 5) is 10.8. The second-order valence-electron chi connectivity index (χ2n) is 4.32. The average Bonchev–Trinajstić information content (AvgIpc) is 2.89. The average molecular weight is 390 g/mol. The molecule has 0 fully saturated rings. The number of carboxylic acid groups (broad SMARTS) is 1. The van der Waals surface area contributed by atoms with Crippen LogP contribution >= 0.6 is 27.3 Å². The van der Waals surface area contributed by atoms with E-state index in [0.717, 1.165) is 27.4 Å². The molecule has 1 unspecified atom stereocenters. The van der Waals surface area contributed by atoms with E-state index in [2.05, 4.69) is 20.7 Å². The maximum absolute atomic E-state index is 12.3. The maximum Gasteiger partial charge on any atom is 0.345 e. The van der Waals surface area contributed by atoms with E-state index in [-0.39, 0.29) is 9.77 Å². The molecule has 1 aromatic heterocycles. The van der Waals surface area contributed by atoms with Crippen molar-refractivity contribution in [2.45, 2.75) is 17.9 Å². The molecule has 0 radical (unpaired) electrons. The number of aromatic carboxylic acids is 1. The summed E-state index contributed by atoms with van der Waals surface area (Å²) in [5.74, 6) is -1.14. The summed E-state index contributed by atoms with van der Waals surface area (Å²) in [6, 6.07) is 8.01. The van der Waals surface area contributed by atoms with Crippen LogP contribution in [0.25, 0.3) is 0 Å². The zero-order chi connectivity index (χ0) is 15.6. The highest BCUT2D eigenvalue weighted by Crippen LogP contribution is 2.25. The predicted molar refractivity (Wildman–Crippen MR) is 84.2 cm³/mol. The topological polar surface area (TPSA) is 83.5 Å². The number of rotatable bonds is 5. The molecular weight excluding hydrogens is 378 g/mol. The minimum Gasteiger partial charge on any atom is -0.477 e. The Hall–Kier alpha value is -1.22. The number of carboxylic acids is 1. The van der Waals surface area contributed by atoms with E-state index in [0.29, 0.717) is 0 Å². The van der Waals surface area contributed by atoms with E-state index in [4.69, 9.17) is 5.11 Å². The summed E-state index contributed by atoms with van der Waals surface area (Å²) < 4.78 is 27.8. The van der Waals surface area contributed by atoms with E-state index in [9.17, 15) is 13.2 Å². The molecule has 0 amide bonds. The smallest absolute Gasteiger partial charge is 0.345 e. The van der Waals surface area contributed by atoms with Gasteiger partial charge in [-0.25, -0.2) is 17.9 Å². The van der Waals surface area contributed by atoms with Crippen molar-refractivity contribution in [2.75, 3.05) is 0 Å². The molecule has 2 N–H and O–H groups in total. The van der Waals surface area contributed by atoms with Gasteiger partial charge in [0.2, 0.25) is 10.0 Å². The zero-order valence-electron chi connectivity index (χ0n) is 10.9. The number of nitrogens with one attached hydrogen (secondary N) is 1. The quantitative estimate of drug-likeness (QED) is 0.821. The lowest BCUT2D eigenvalue weighted by atomic mass is 10.1. The number of carbonyl (C=O) groups is 1. The van der Waals surface area contributed by atoms with Gasteiger partial charge in [0, 0.05) is 15.9 Å². The monoisotopic (exact) mass is 389 g/mol. The van der Waals surface area contributed by atoms with Crippen molar-refractivity contribution in [1.82, 2.24) is 4.72 Å². The van der Waals surface area contributed by atoms with Gasteiger partial charge in [-0.15, -0.1) is 11.3 Å². The number of benzene rings is 1. The van der Waals surface area contributed by atoms with Crippen molar-refractivity contribution in [3.05, 3.63) is 50.6 Å². The van der Waals surface area contributed by atoms with Gasteiger partial charge in [0.1, 0.15) is 4.88 Å². The molecule has 112 valence electrons. The van der Waals surface area contributed by atoms with Crippen LogP contribution in [0.15, 0.2) is 45.1 Å². The fraction of sp³-hybridized carbons (Fsp3) is 0.154. The van der Waals surface area contributed by atoms with Crippen LogP contribution in [-0.4, -0.2) is 19.5 Å². The minimum atomic E-state index is -3.76. The van der Waals surface area contributed by atoms with Crippen molar-refractivity contribution >= 4 is 43.3 Å². The van der Waals surface area contributed by atoms with E-state index in [1.807, 2.05) is 24.3 Å². The van der Waals surface area contributed by atoms with Gasteiger partial charge in [-0.2, -0.15) is 0 Å². The number of halogens is 1. The van der Waals surface area contributed by atoms with E-state index >= 15 is 0 Å². The SMILES string of the molecule is CC(NS(=O)(=O)c1csc(C(=O)O)c1)c1ccccc1Br. The third-order valence-electron chi connectivity index (χ3n) is 2.80. The molecule has 0 aliphatic carbocycles. The second kappa shape index (κ2) is 6.27. The van der Waals surface area contributed by atoms with Crippen LogP contribution in [0.4, 0.5) is 0 Å². The summed E-state index contributed by atoms with van der Waals surface area (Å²) >= 11 is 4.26. The Bertz CT molecular complexity index is 770. The van der Waals surface area contributed by atoms with E-state index in [1.165, 1.54) is 5.38 Å². The highest BCUT2D eigenvalue weighted by atomic mass is 79.9. The highest BCUT2D eigenvalue weighted by Gasteiger charge is 2.22. The first kappa shape index (κ1) is 16.2. The fourth-order valence-electron chi connectivity index (χ4n) is 1.76. The third-order valence-corrected chi connectivity index (χ3v) is 6.11. The molecule has 0 bridgehead atoms. The van der Waals surface area contributed by atoms with Gasteiger partial charge in [0.05, 0.1) is 4.90 Å². The molecule has 0 aliphatic heterocycles. The first-order valence-corrected chi connectivity index (χ1v) is 9.05. The van der Waals surface area contributed by atoms with Crippen LogP contribution < -0.4 is 4.72 Å². The van der Waals surface area contributed by atoms with Crippen LogP contribution in [0.2, 0.25) is 0 Å². The Kier molecular flexibility index (Phi) is 4.82. The molecule has 8 heteroatoms. The lowest BCUT2D eigenvalue weighted by Gasteiger charge is -2.15. The molecule has 21 heavy (non-hydrogen) atoms. The Labute approximate surface area is 134 Å². The molecular formula is C13H12BrNO4S2. The summed E-state index contributed by atoms with van der Waals surface area (Å²) in [6.07, 6.45) is 0. The number of hydrogen-bond acceptors (Lipinski definition) is 4. The first-order valence-electron chi connectivity index (χ1n) is 5.90. The molecule has 1 atom stereocenters. The van der Waals surface area contributed by atoms with Crippen LogP contribution in [0.5, 0.6) is 0 Å². The summed E-state index contributed by atoms with van der Waals surface area (Å²) in [5, 5.41) is 10.2. The molecule has 0 saturated heterocycles. The predicted octanol–water partition coefficient (Wildman–Crippen LogP) is 3.25. The Morgan fingerprint density at radius 1 is 1.38 bits per heavy atom. The molecule has 0 saturated carbocycles. The fourth-order valence-corrected chi connectivity index (χ4v) is 4.72. The van der Waals surface area contributed by atoms with Gasteiger partial charge in [-0.05, 0) is 24.6 Å². The Morgan fingerprint density at radius 3 is 2.62 bits per heavy atom. The molecule has 5 nitrogen and oxygen atoms in total. The molecule has 2 rings (SSSR count). The summed E-state index contributed by atoms with van der Waals surface area (Å²) in [6.45, 7) is 1.72. The van der Waals surface area contributed by atoms with Crippen molar-refractivity contribution in [3.8, 4) is 0 Å². The number of hydrogen-bond donors (Lipinski definition) is 2. The standard InChI is InChI=1S/C13H12BrNO4S2/c1-8(10-4-2-3-5-11(10)14)15-21(18,19)9-6-12(13(16)17)20-7-9/h2-8,15H,1H3,(H,16,17). The Balaban J connectivity index is 2.24. The number of thiophene rings is 1. The first-order chi connectivity index (χ1) is 9.81. The molecule has 2 aromatic rings. The van der Waals surface area contributed by atoms with Crippen molar-refractivity contribution in [3.63, 3.8) is 0 Å². The lowest BCUT2D eigenvalue weighted by molar-refractivity contribution is 0.0702. The van der Waals surface area contributed by atoms with Crippen LogP contribution in [0.1, 0.15) is 28.2 Å².